The number of rotatable bonds is 2. The zero-order chi connectivity index (χ0) is 14.0. The second-order valence-corrected chi connectivity index (χ2v) is 5.61. The van der Waals surface area contributed by atoms with E-state index in [0.29, 0.717) is 5.56 Å². The lowest BCUT2D eigenvalue weighted by molar-refractivity contribution is 0.0990. The van der Waals surface area contributed by atoms with E-state index in [-0.39, 0.29) is 11.7 Å². The number of hydrogen-bond donors (Lipinski definition) is 1. The van der Waals surface area contributed by atoms with Crippen LogP contribution in [0.15, 0.2) is 42.5 Å². The molecule has 0 fully saturated rings. The van der Waals surface area contributed by atoms with Gasteiger partial charge in [-0.2, -0.15) is 0 Å². The van der Waals surface area contributed by atoms with Crippen LogP contribution >= 0.6 is 22.6 Å². The Morgan fingerprint density at radius 2 is 1.95 bits per heavy atom. The van der Waals surface area contributed by atoms with Crippen LogP contribution in [0.5, 0.6) is 5.75 Å². The van der Waals surface area contributed by atoms with Gasteiger partial charge >= 0.3 is 0 Å². The number of amides is 1. The molecule has 0 spiro atoms. The van der Waals surface area contributed by atoms with Crippen LogP contribution in [0, 0.1) is 10.5 Å². The average molecular weight is 367 g/mol. The molecule has 0 aliphatic carbocycles. The van der Waals surface area contributed by atoms with Crippen LogP contribution < -0.4 is 4.90 Å². The normalized spacial score (nSPS) is 10.3. The summed E-state index contributed by atoms with van der Waals surface area (Å²) in [5.74, 6) is -0.216. The Kier molecular flexibility index (Phi) is 4.09. The van der Waals surface area contributed by atoms with Gasteiger partial charge in [0.25, 0.3) is 5.91 Å². The van der Waals surface area contributed by atoms with Crippen LogP contribution in [0.1, 0.15) is 15.9 Å². The van der Waals surface area contributed by atoms with E-state index in [0.717, 1.165) is 14.8 Å². The number of carbonyl (C=O) groups excluding carboxylic acids is 1. The number of aromatic hydroxyl groups is 1. The summed E-state index contributed by atoms with van der Waals surface area (Å²) in [6, 6.07) is 12.7. The predicted octanol–water partition coefficient (Wildman–Crippen LogP) is 3.58. The number of nitrogens with zero attached hydrogens (tertiary/aromatic N) is 1. The number of phenolic OH excluding ortho intramolecular Hbond substituents is 1. The molecule has 0 bridgehead atoms. The van der Waals surface area contributed by atoms with Crippen LogP contribution in [0.2, 0.25) is 0 Å². The Bertz CT molecular complexity index is 625. The maximum atomic E-state index is 12.4. The lowest BCUT2D eigenvalue weighted by Gasteiger charge is -2.18. The van der Waals surface area contributed by atoms with Gasteiger partial charge in [0, 0.05) is 16.3 Å². The monoisotopic (exact) mass is 367 g/mol. The van der Waals surface area contributed by atoms with E-state index < -0.39 is 0 Å². The van der Waals surface area contributed by atoms with Crippen LogP contribution in [0.3, 0.4) is 0 Å². The van der Waals surface area contributed by atoms with Gasteiger partial charge in [0.15, 0.2) is 0 Å². The average Bonchev–Trinajstić information content (AvgIpc) is 2.40. The highest BCUT2D eigenvalue weighted by molar-refractivity contribution is 14.1. The molecule has 1 N–H and O–H groups in total. The van der Waals surface area contributed by atoms with Crippen LogP contribution in [-0.2, 0) is 0 Å². The van der Waals surface area contributed by atoms with Crippen molar-refractivity contribution >= 4 is 34.2 Å². The summed E-state index contributed by atoms with van der Waals surface area (Å²) in [5, 5.41) is 9.80. The molecule has 0 aliphatic rings. The molecule has 2 aromatic rings. The Morgan fingerprint density at radius 1 is 1.21 bits per heavy atom. The van der Waals surface area contributed by atoms with Gasteiger partial charge in [-0.1, -0.05) is 12.1 Å². The summed E-state index contributed by atoms with van der Waals surface area (Å²) in [6.07, 6.45) is 0. The summed E-state index contributed by atoms with van der Waals surface area (Å²) in [7, 11) is 1.70. The van der Waals surface area contributed by atoms with Crippen molar-refractivity contribution < 1.29 is 9.90 Å². The molecule has 0 aliphatic heterocycles. The summed E-state index contributed by atoms with van der Waals surface area (Å²) >= 11 is 2.12. The van der Waals surface area contributed by atoms with E-state index in [9.17, 15) is 9.90 Å². The van der Waals surface area contributed by atoms with E-state index in [1.807, 2.05) is 31.2 Å². The lowest BCUT2D eigenvalue weighted by atomic mass is 10.1. The Hall–Kier alpha value is -1.56. The fraction of sp³-hybridized carbons (Fsp3) is 0.133. The largest absolute Gasteiger partial charge is 0.507 e. The first-order valence-electron chi connectivity index (χ1n) is 5.82. The van der Waals surface area contributed by atoms with Gasteiger partial charge in [-0.05, 0) is 65.4 Å². The van der Waals surface area contributed by atoms with Gasteiger partial charge in [-0.15, -0.1) is 0 Å². The molecule has 2 rings (SSSR count). The van der Waals surface area contributed by atoms with Crippen molar-refractivity contribution in [3.8, 4) is 5.75 Å². The second kappa shape index (κ2) is 5.61. The molecule has 0 saturated carbocycles. The highest BCUT2D eigenvalue weighted by atomic mass is 127. The molecule has 0 atom stereocenters. The maximum absolute atomic E-state index is 12.4. The van der Waals surface area contributed by atoms with Crippen molar-refractivity contribution in [1.29, 1.82) is 0 Å². The molecule has 19 heavy (non-hydrogen) atoms. The van der Waals surface area contributed by atoms with Gasteiger partial charge in [0.05, 0.1) is 5.56 Å². The third kappa shape index (κ3) is 3.07. The highest BCUT2D eigenvalue weighted by Gasteiger charge is 2.17. The maximum Gasteiger partial charge on any atom is 0.261 e. The quantitative estimate of drug-likeness (QED) is 0.825. The van der Waals surface area contributed by atoms with Crippen LogP contribution in [0.25, 0.3) is 0 Å². The van der Waals surface area contributed by atoms with Crippen molar-refractivity contribution in [3.63, 3.8) is 0 Å². The zero-order valence-electron chi connectivity index (χ0n) is 10.7. The van der Waals surface area contributed by atoms with E-state index in [4.69, 9.17) is 0 Å². The van der Waals surface area contributed by atoms with E-state index in [2.05, 4.69) is 22.6 Å². The van der Waals surface area contributed by atoms with Gasteiger partial charge in [0.2, 0.25) is 0 Å². The fourth-order valence-corrected chi connectivity index (χ4v) is 2.31. The summed E-state index contributed by atoms with van der Waals surface area (Å²) in [4.78, 5) is 13.9. The van der Waals surface area contributed by atoms with E-state index >= 15 is 0 Å². The molecule has 98 valence electrons. The number of hydrogen-bond acceptors (Lipinski definition) is 2. The van der Waals surface area contributed by atoms with Gasteiger partial charge in [-0.25, -0.2) is 0 Å². The third-order valence-electron chi connectivity index (χ3n) is 2.88. The van der Waals surface area contributed by atoms with E-state index in [1.54, 1.807) is 25.2 Å². The first-order chi connectivity index (χ1) is 8.99. The Labute approximate surface area is 126 Å². The molecule has 4 heteroatoms. The number of halogens is 1. The SMILES string of the molecule is Cc1cccc(N(C)C(=O)c2cc(I)ccc2O)c1. The smallest absolute Gasteiger partial charge is 0.261 e. The molecule has 0 aromatic heterocycles. The number of phenols is 1. The molecule has 3 nitrogen and oxygen atoms in total. The third-order valence-corrected chi connectivity index (χ3v) is 3.55. The number of aryl methyl sites for hydroxylation is 1. The number of anilines is 1. The first kappa shape index (κ1) is 13.9. The molecular formula is C15H14INO2. The van der Waals surface area contributed by atoms with E-state index in [1.165, 1.54) is 4.90 Å². The number of benzene rings is 2. The summed E-state index contributed by atoms with van der Waals surface area (Å²) in [5.41, 5.74) is 2.21. The van der Waals surface area contributed by atoms with Crippen LogP contribution in [-0.4, -0.2) is 18.1 Å². The molecule has 1 amide bonds. The Morgan fingerprint density at radius 3 is 2.63 bits per heavy atom. The first-order valence-corrected chi connectivity index (χ1v) is 6.90. The lowest BCUT2D eigenvalue weighted by Crippen LogP contribution is -2.26. The van der Waals surface area contributed by atoms with Crippen molar-refractivity contribution in [1.82, 2.24) is 0 Å². The predicted molar refractivity (Wildman–Crippen MR) is 84.7 cm³/mol. The fourth-order valence-electron chi connectivity index (χ4n) is 1.81. The van der Waals surface area contributed by atoms with Crippen molar-refractivity contribution in [2.24, 2.45) is 0 Å². The molecule has 2 aromatic carbocycles. The topological polar surface area (TPSA) is 40.5 Å². The standard InChI is InChI=1S/C15H14INO2/c1-10-4-3-5-12(8-10)17(2)15(19)13-9-11(16)6-7-14(13)18/h3-9,18H,1-2H3. The minimum Gasteiger partial charge on any atom is -0.507 e. The molecule has 0 unspecified atom stereocenters. The van der Waals surface area contributed by atoms with Crippen molar-refractivity contribution in [3.05, 3.63) is 57.2 Å². The number of carbonyl (C=O) groups is 1. The van der Waals surface area contributed by atoms with Crippen LogP contribution in [0.4, 0.5) is 5.69 Å². The van der Waals surface area contributed by atoms with Crippen molar-refractivity contribution in [2.75, 3.05) is 11.9 Å². The highest BCUT2D eigenvalue weighted by Crippen LogP contribution is 2.24. The minimum absolute atomic E-state index is 0.00455. The Balaban J connectivity index is 2.36. The summed E-state index contributed by atoms with van der Waals surface area (Å²) < 4.78 is 0.913. The van der Waals surface area contributed by atoms with Crippen molar-refractivity contribution in [2.45, 2.75) is 6.92 Å². The van der Waals surface area contributed by atoms with Gasteiger partial charge in [0.1, 0.15) is 5.75 Å². The molecule has 0 heterocycles. The summed E-state index contributed by atoms with van der Waals surface area (Å²) in [6.45, 7) is 1.98. The molecule has 0 radical (unpaired) electrons. The van der Waals surface area contributed by atoms with Gasteiger partial charge < -0.3 is 10.0 Å². The zero-order valence-corrected chi connectivity index (χ0v) is 12.9. The van der Waals surface area contributed by atoms with Gasteiger partial charge in [-0.3, -0.25) is 4.79 Å². The molecule has 0 saturated heterocycles. The molecular weight excluding hydrogens is 353 g/mol. The second-order valence-electron chi connectivity index (χ2n) is 4.36. The minimum atomic E-state index is -0.221.